The molecule has 2 fully saturated rings. The summed E-state index contributed by atoms with van der Waals surface area (Å²) in [7, 11) is 0. The van der Waals surface area contributed by atoms with Crippen LogP contribution >= 0.6 is 0 Å². The van der Waals surface area contributed by atoms with Gasteiger partial charge in [0.05, 0.1) is 17.8 Å². The monoisotopic (exact) mass is 689 g/mol. The van der Waals surface area contributed by atoms with Crippen LogP contribution in [0.1, 0.15) is 74.7 Å². The molecule has 2 atom stereocenters. The van der Waals surface area contributed by atoms with Gasteiger partial charge in [0.15, 0.2) is 0 Å². The number of piperidine rings is 2. The minimum absolute atomic E-state index is 0.0828. The van der Waals surface area contributed by atoms with Crippen LogP contribution in [0.4, 0.5) is 0 Å². The van der Waals surface area contributed by atoms with Crippen LogP contribution in [0.2, 0.25) is 0 Å². The van der Waals surface area contributed by atoms with Gasteiger partial charge in [-0.3, -0.25) is 19.6 Å². The number of nitrogens with one attached hydrogen (secondary N) is 1. The number of fused-ring (bicyclic) bond motifs is 3. The number of phenolic OH excluding ortho intramolecular Hbond substituents is 1. The van der Waals surface area contributed by atoms with E-state index in [1.807, 2.05) is 41.4 Å². The molecule has 2 aliphatic rings. The van der Waals surface area contributed by atoms with Crippen molar-refractivity contribution in [1.82, 2.24) is 29.5 Å². The number of aromatic nitrogens is 4. The molecule has 2 unspecified atom stereocenters. The average molecular weight is 690 g/mol. The third-order valence-electron chi connectivity index (χ3n) is 9.68. The second kappa shape index (κ2) is 15.5. The number of nitrogens with two attached hydrogens (primary N) is 3. The quantitative estimate of drug-likeness (QED) is 0.106. The molecule has 5 aromatic rings. The molecule has 0 spiro atoms. The number of carbonyl (C=O) groups is 2. The number of benzene rings is 2. The SMILES string of the molecule is CC.NC(N)=C(/C=C(\N)c1ccccc1O)c1cnn(C2CCCN(CCCc3ccc4c(c3)c3cccnc3n4C3CCC(=O)NC3=O)C2)c1. The fourth-order valence-corrected chi connectivity index (χ4v) is 7.24. The highest BCUT2D eigenvalue weighted by Gasteiger charge is 2.31. The fourth-order valence-electron chi connectivity index (χ4n) is 7.24. The summed E-state index contributed by atoms with van der Waals surface area (Å²) < 4.78 is 3.99. The van der Waals surface area contributed by atoms with Gasteiger partial charge < -0.3 is 31.8 Å². The van der Waals surface area contributed by atoms with E-state index in [2.05, 4.69) is 38.5 Å². The maximum Gasteiger partial charge on any atom is 0.249 e. The van der Waals surface area contributed by atoms with E-state index < -0.39 is 6.04 Å². The smallest absolute Gasteiger partial charge is 0.249 e. The summed E-state index contributed by atoms with van der Waals surface area (Å²) >= 11 is 0. The molecule has 5 heterocycles. The molecule has 2 aromatic carbocycles. The molecule has 2 saturated heterocycles. The Balaban J connectivity index is 0.00000220. The number of likely N-dealkylation sites (tertiary alicyclic amines) is 1. The lowest BCUT2D eigenvalue weighted by Crippen LogP contribution is -2.41. The average Bonchev–Trinajstić information content (AvgIpc) is 3.75. The molecule has 0 aliphatic carbocycles. The Kier molecular flexibility index (Phi) is 10.7. The number of amides is 2. The number of aromatic hydroxyl groups is 1. The number of phenols is 1. The molecule has 12 nitrogen and oxygen atoms in total. The second-order valence-electron chi connectivity index (χ2n) is 13.0. The lowest BCUT2D eigenvalue weighted by Gasteiger charge is -2.32. The Morgan fingerprint density at radius 2 is 1.86 bits per heavy atom. The van der Waals surface area contributed by atoms with Gasteiger partial charge >= 0.3 is 0 Å². The standard InChI is InChI=1S/C37H41N9O3.C2H6/c38-30(27-8-1-2-10-33(27)47)19-28(35(39)40)24-20-42-45(21-24)25-7-5-17-44(22-25)16-4-6-23-11-12-31-29(18-23)26-9-3-15-41-36(26)46(31)32-13-14-34(48)43-37(32)49;1-2/h1-3,8-12,15,18-21,25,32,47H,4-7,13-14,16-17,22,38-40H2,(H,43,48,49);1-2H3/b30-19-;. The van der Waals surface area contributed by atoms with E-state index in [4.69, 9.17) is 17.2 Å². The zero-order valence-corrected chi connectivity index (χ0v) is 29.3. The number of aryl methyl sites for hydroxylation is 1. The van der Waals surface area contributed by atoms with Crippen molar-refractivity contribution in [3.63, 3.8) is 0 Å². The summed E-state index contributed by atoms with van der Waals surface area (Å²) in [5, 5.41) is 19.5. The van der Waals surface area contributed by atoms with E-state index in [0.29, 0.717) is 29.7 Å². The molecular weight excluding hydrogens is 642 g/mol. The first-order valence-corrected chi connectivity index (χ1v) is 17.8. The van der Waals surface area contributed by atoms with Gasteiger partial charge in [0.2, 0.25) is 11.8 Å². The van der Waals surface area contributed by atoms with E-state index in [-0.39, 0.29) is 29.4 Å². The molecule has 2 amide bonds. The largest absolute Gasteiger partial charge is 0.507 e. The Hall–Kier alpha value is -5.62. The van der Waals surface area contributed by atoms with Gasteiger partial charge in [-0.25, -0.2) is 4.98 Å². The van der Waals surface area contributed by atoms with Crippen LogP contribution in [-0.4, -0.2) is 60.8 Å². The van der Waals surface area contributed by atoms with Crippen LogP contribution < -0.4 is 22.5 Å². The molecule has 266 valence electrons. The number of hydrogen-bond donors (Lipinski definition) is 5. The highest BCUT2D eigenvalue weighted by molar-refractivity contribution is 6.09. The number of rotatable bonds is 9. The number of carbonyl (C=O) groups excluding carboxylic acids is 2. The molecule has 0 bridgehead atoms. The molecule has 3 aromatic heterocycles. The van der Waals surface area contributed by atoms with Gasteiger partial charge in [0.1, 0.15) is 23.3 Å². The third kappa shape index (κ3) is 7.46. The van der Waals surface area contributed by atoms with Crippen molar-refractivity contribution in [2.45, 2.75) is 64.5 Å². The summed E-state index contributed by atoms with van der Waals surface area (Å²) in [6, 6.07) is 17.0. The van der Waals surface area contributed by atoms with Gasteiger partial charge in [-0.05, 0) is 93.2 Å². The summed E-state index contributed by atoms with van der Waals surface area (Å²) in [5.74, 6) is -0.297. The summed E-state index contributed by atoms with van der Waals surface area (Å²) in [5.41, 5.74) is 23.6. The number of allylic oxidation sites excluding steroid dienone is 2. The lowest BCUT2D eigenvalue weighted by atomic mass is 10.0. The van der Waals surface area contributed by atoms with E-state index in [1.165, 1.54) is 5.56 Å². The van der Waals surface area contributed by atoms with Crippen molar-refractivity contribution in [2.24, 2.45) is 17.2 Å². The van der Waals surface area contributed by atoms with E-state index >= 15 is 0 Å². The molecule has 0 radical (unpaired) electrons. The maximum absolute atomic E-state index is 12.8. The van der Waals surface area contributed by atoms with Gasteiger partial charge in [0.25, 0.3) is 0 Å². The van der Waals surface area contributed by atoms with Gasteiger partial charge in [-0.1, -0.05) is 32.0 Å². The van der Waals surface area contributed by atoms with Crippen LogP contribution in [0.5, 0.6) is 5.75 Å². The van der Waals surface area contributed by atoms with Crippen molar-refractivity contribution < 1.29 is 14.7 Å². The third-order valence-corrected chi connectivity index (χ3v) is 9.68. The minimum atomic E-state index is -0.468. The van der Waals surface area contributed by atoms with E-state index in [1.54, 1.807) is 42.7 Å². The van der Waals surface area contributed by atoms with Crippen LogP contribution in [0.15, 0.2) is 85.1 Å². The number of para-hydroxylation sites is 1. The van der Waals surface area contributed by atoms with Crippen molar-refractivity contribution in [1.29, 1.82) is 0 Å². The van der Waals surface area contributed by atoms with Crippen molar-refractivity contribution in [3.8, 4) is 5.75 Å². The van der Waals surface area contributed by atoms with Gasteiger partial charge in [-0.15, -0.1) is 0 Å². The summed E-state index contributed by atoms with van der Waals surface area (Å²) in [4.78, 5) is 31.7. The predicted octanol–water partition coefficient (Wildman–Crippen LogP) is 4.95. The predicted molar refractivity (Wildman–Crippen MR) is 201 cm³/mol. The minimum Gasteiger partial charge on any atom is -0.507 e. The fraction of sp³-hybridized carbons (Fsp3) is 0.333. The summed E-state index contributed by atoms with van der Waals surface area (Å²) in [6.45, 7) is 6.89. The Labute approximate surface area is 297 Å². The molecule has 2 aliphatic heterocycles. The van der Waals surface area contributed by atoms with E-state index in [0.717, 1.165) is 72.8 Å². The van der Waals surface area contributed by atoms with Crippen LogP contribution in [0, 0.1) is 0 Å². The maximum atomic E-state index is 12.8. The Morgan fingerprint density at radius 3 is 2.65 bits per heavy atom. The van der Waals surface area contributed by atoms with Crippen LogP contribution in [0.25, 0.3) is 33.2 Å². The molecule has 12 heteroatoms. The zero-order chi connectivity index (χ0) is 36.1. The van der Waals surface area contributed by atoms with Crippen LogP contribution in [-0.2, 0) is 16.0 Å². The Morgan fingerprint density at radius 1 is 1.04 bits per heavy atom. The topological polar surface area (TPSA) is 183 Å². The van der Waals surface area contributed by atoms with Crippen molar-refractivity contribution >= 4 is 45.0 Å². The number of imide groups is 1. The van der Waals surface area contributed by atoms with Crippen LogP contribution in [0.3, 0.4) is 0 Å². The number of nitrogens with zero attached hydrogens (tertiary/aromatic N) is 5. The molecular formula is C39H47N9O3. The highest BCUT2D eigenvalue weighted by Crippen LogP contribution is 2.34. The molecule has 0 saturated carbocycles. The number of pyridine rings is 1. The van der Waals surface area contributed by atoms with E-state index in [9.17, 15) is 14.7 Å². The second-order valence-corrected chi connectivity index (χ2v) is 13.0. The molecule has 7 rings (SSSR count). The zero-order valence-electron chi connectivity index (χ0n) is 29.3. The normalized spacial score (nSPS) is 18.4. The first-order valence-electron chi connectivity index (χ1n) is 17.8. The Bertz CT molecular complexity index is 2110. The molecule has 51 heavy (non-hydrogen) atoms. The number of hydrogen-bond acceptors (Lipinski definition) is 9. The first kappa shape index (κ1) is 35.2. The molecule has 8 N–H and O–H groups in total. The van der Waals surface area contributed by atoms with Crippen molar-refractivity contribution in [3.05, 3.63) is 102 Å². The van der Waals surface area contributed by atoms with Gasteiger partial charge in [0, 0.05) is 58.5 Å². The summed E-state index contributed by atoms with van der Waals surface area (Å²) in [6.07, 6.45) is 11.9. The van der Waals surface area contributed by atoms with Crippen molar-refractivity contribution in [2.75, 3.05) is 19.6 Å². The van der Waals surface area contributed by atoms with Gasteiger partial charge in [-0.2, -0.15) is 5.10 Å². The first-order chi connectivity index (χ1) is 24.8. The highest BCUT2D eigenvalue weighted by atomic mass is 16.3. The lowest BCUT2D eigenvalue weighted by molar-refractivity contribution is -0.135.